The summed E-state index contributed by atoms with van der Waals surface area (Å²) in [5.41, 5.74) is 2.29. The average Bonchev–Trinajstić information content (AvgIpc) is 3.03. The fourth-order valence-corrected chi connectivity index (χ4v) is 3.02. The number of hydrogen-bond donors (Lipinski definition) is 1. The van der Waals surface area contributed by atoms with Gasteiger partial charge in [-0.2, -0.15) is 5.10 Å². The Labute approximate surface area is 120 Å². The van der Waals surface area contributed by atoms with Crippen molar-refractivity contribution in [3.05, 3.63) is 35.0 Å². The van der Waals surface area contributed by atoms with Crippen molar-refractivity contribution >= 4 is 16.3 Å². The van der Waals surface area contributed by atoms with Crippen LogP contribution in [-0.4, -0.2) is 26.8 Å². The summed E-state index contributed by atoms with van der Waals surface area (Å²) in [7, 11) is 1.63. The summed E-state index contributed by atoms with van der Waals surface area (Å²) >= 11 is 1.54. The molecule has 0 saturated heterocycles. The highest BCUT2D eigenvalue weighted by atomic mass is 32.1. The minimum absolute atomic E-state index is 0.110. The Bertz CT molecular complexity index is 748. The van der Waals surface area contributed by atoms with Crippen molar-refractivity contribution in [2.24, 2.45) is 0 Å². The standard InChI is InChI=1S/C14H15N3O2S/c1-3-12-16-17-10(8-18)13(15-14(17)20-12)9-6-4-5-7-11(9)19-2/h4-7,18H,3,8H2,1-2H3. The second kappa shape index (κ2) is 5.22. The van der Waals surface area contributed by atoms with Crippen LogP contribution >= 0.6 is 11.3 Å². The number of aromatic nitrogens is 3. The molecule has 0 fully saturated rings. The molecule has 20 heavy (non-hydrogen) atoms. The van der Waals surface area contributed by atoms with Gasteiger partial charge in [-0.3, -0.25) is 0 Å². The van der Waals surface area contributed by atoms with Crippen LogP contribution in [0.25, 0.3) is 16.2 Å². The van der Waals surface area contributed by atoms with E-state index in [1.54, 1.807) is 23.0 Å². The highest BCUT2D eigenvalue weighted by Gasteiger charge is 2.19. The molecule has 0 unspecified atom stereocenters. The molecule has 1 aromatic carbocycles. The van der Waals surface area contributed by atoms with Crippen LogP contribution in [-0.2, 0) is 13.0 Å². The molecule has 5 nitrogen and oxygen atoms in total. The Morgan fingerprint density at radius 3 is 2.85 bits per heavy atom. The van der Waals surface area contributed by atoms with E-state index in [0.717, 1.165) is 33.4 Å². The lowest BCUT2D eigenvalue weighted by Crippen LogP contribution is -1.97. The summed E-state index contributed by atoms with van der Waals surface area (Å²) in [5, 5.41) is 15.2. The number of rotatable bonds is 4. The van der Waals surface area contributed by atoms with Crippen LogP contribution in [0, 0.1) is 0 Å². The van der Waals surface area contributed by atoms with E-state index in [1.807, 2.05) is 24.3 Å². The van der Waals surface area contributed by atoms with Crippen LogP contribution in [0.1, 0.15) is 17.6 Å². The summed E-state index contributed by atoms with van der Waals surface area (Å²) < 4.78 is 7.10. The highest BCUT2D eigenvalue weighted by molar-refractivity contribution is 7.16. The topological polar surface area (TPSA) is 59.7 Å². The van der Waals surface area contributed by atoms with Gasteiger partial charge in [0.25, 0.3) is 0 Å². The Balaban J connectivity index is 2.23. The van der Waals surface area contributed by atoms with Crippen LogP contribution < -0.4 is 4.74 Å². The third kappa shape index (κ3) is 1.97. The molecule has 104 valence electrons. The molecular formula is C14H15N3O2S. The summed E-state index contributed by atoms with van der Waals surface area (Å²) in [5.74, 6) is 0.740. The van der Waals surface area contributed by atoms with Gasteiger partial charge in [-0.05, 0) is 18.6 Å². The number of ether oxygens (including phenoxy) is 1. The molecule has 0 spiro atoms. The number of nitrogens with zero attached hydrogens (tertiary/aromatic N) is 3. The molecule has 1 N–H and O–H groups in total. The van der Waals surface area contributed by atoms with E-state index < -0.39 is 0 Å². The Kier molecular flexibility index (Phi) is 3.42. The van der Waals surface area contributed by atoms with Gasteiger partial charge in [-0.15, -0.1) is 0 Å². The Morgan fingerprint density at radius 2 is 2.15 bits per heavy atom. The maximum atomic E-state index is 9.68. The third-order valence-electron chi connectivity index (χ3n) is 3.15. The van der Waals surface area contributed by atoms with E-state index >= 15 is 0 Å². The summed E-state index contributed by atoms with van der Waals surface area (Å²) in [4.78, 5) is 5.41. The molecule has 0 radical (unpaired) electrons. The average molecular weight is 289 g/mol. The van der Waals surface area contributed by atoms with Gasteiger partial charge in [-0.25, -0.2) is 9.50 Å². The third-order valence-corrected chi connectivity index (χ3v) is 4.21. The van der Waals surface area contributed by atoms with Gasteiger partial charge >= 0.3 is 0 Å². The number of aryl methyl sites for hydroxylation is 1. The van der Waals surface area contributed by atoms with Crippen molar-refractivity contribution < 1.29 is 9.84 Å². The molecule has 0 aliphatic carbocycles. The molecule has 0 bridgehead atoms. The lowest BCUT2D eigenvalue weighted by atomic mass is 10.1. The quantitative estimate of drug-likeness (QED) is 0.801. The lowest BCUT2D eigenvalue weighted by Gasteiger charge is -2.07. The van der Waals surface area contributed by atoms with Crippen molar-refractivity contribution in [2.45, 2.75) is 20.0 Å². The number of benzene rings is 1. The molecule has 6 heteroatoms. The molecule has 0 saturated carbocycles. The number of fused-ring (bicyclic) bond motifs is 1. The van der Waals surface area contributed by atoms with Crippen LogP contribution in [0.5, 0.6) is 5.75 Å². The summed E-state index contributed by atoms with van der Waals surface area (Å²) in [6.07, 6.45) is 0.864. The van der Waals surface area contributed by atoms with Crippen LogP contribution in [0.2, 0.25) is 0 Å². The van der Waals surface area contributed by atoms with E-state index in [1.165, 1.54) is 0 Å². The van der Waals surface area contributed by atoms with Gasteiger partial charge in [0.2, 0.25) is 4.96 Å². The maximum Gasteiger partial charge on any atom is 0.213 e. The first-order chi connectivity index (χ1) is 9.78. The Morgan fingerprint density at radius 1 is 1.35 bits per heavy atom. The first kappa shape index (κ1) is 13.1. The highest BCUT2D eigenvalue weighted by Crippen LogP contribution is 2.33. The van der Waals surface area contributed by atoms with Gasteiger partial charge in [0.15, 0.2) is 0 Å². The second-order valence-corrected chi connectivity index (χ2v) is 5.35. The van der Waals surface area contributed by atoms with Gasteiger partial charge in [0.1, 0.15) is 16.5 Å². The van der Waals surface area contributed by atoms with E-state index in [0.29, 0.717) is 5.69 Å². The molecule has 0 aliphatic rings. The normalized spacial score (nSPS) is 11.2. The van der Waals surface area contributed by atoms with E-state index in [-0.39, 0.29) is 6.61 Å². The molecule has 2 heterocycles. The fourth-order valence-electron chi connectivity index (χ4n) is 2.17. The van der Waals surface area contributed by atoms with Crippen molar-refractivity contribution in [3.63, 3.8) is 0 Å². The lowest BCUT2D eigenvalue weighted by molar-refractivity contribution is 0.275. The van der Waals surface area contributed by atoms with E-state index in [4.69, 9.17) is 4.74 Å². The minimum atomic E-state index is -0.110. The Hall–Kier alpha value is -1.92. The van der Waals surface area contributed by atoms with Crippen molar-refractivity contribution in [3.8, 4) is 17.0 Å². The molecule has 0 aliphatic heterocycles. The number of hydrogen-bond acceptors (Lipinski definition) is 5. The fraction of sp³-hybridized carbons (Fsp3) is 0.286. The first-order valence-electron chi connectivity index (χ1n) is 6.40. The number of aliphatic hydroxyl groups excluding tert-OH is 1. The first-order valence-corrected chi connectivity index (χ1v) is 7.21. The van der Waals surface area contributed by atoms with Gasteiger partial charge in [0, 0.05) is 5.56 Å². The SMILES string of the molecule is CCc1nn2c(CO)c(-c3ccccc3OC)nc2s1. The zero-order chi connectivity index (χ0) is 14.1. The smallest absolute Gasteiger partial charge is 0.213 e. The largest absolute Gasteiger partial charge is 0.496 e. The zero-order valence-electron chi connectivity index (χ0n) is 11.3. The number of methoxy groups -OCH3 is 1. The van der Waals surface area contributed by atoms with Gasteiger partial charge in [-0.1, -0.05) is 30.4 Å². The molecule has 3 aromatic rings. The predicted octanol–water partition coefficient (Wildman–Crippen LogP) is 2.52. The molecular weight excluding hydrogens is 274 g/mol. The number of para-hydroxylation sites is 1. The molecule has 0 amide bonds. The van der Waals surface area contributed by atoms with Crippen molar-refractivity contribution in [2.75, 3.05) is 7.11 Å². The number of imidazole rings is 1. The minimum Gasteiger partial charge on any atom is -0.496 e. The predicted molar refractivity (Wildman–Crippen MR) is 78.2 cm³/mol. The van der Waals surface area contributed by atoms with Gasteiger partial charge in [0.05, 0.1) is 19.4 Å². The number of aliphatic hydroxyl groups is 1. The van der Waals surface area contributed by atoms with E-state index in [9.17, 15) is 5.11 Å². The molecule has 2 aromatic heterocycles. The van der Waals surface area contributed by atoms with E-state index in [2.05, 4.69) is 17.0 Å². The van der Waals surface area contributed by atoms with Crippen molar-refractivity contribution in [1.82, 2.24) is 14.6 Å². The summed E-state index contributed by atoms with van der Waals surface area (Å²) in [6, 6.07) is 7.66. The maximum absolute atomic E-state index is 9.68. The van der Waals surface area contributed by atoms with Crippen LogP contribution in [0.3, 0.4) is 0 Å². The summed E-state index contributed by atoms with van der Waals surface area (Å²) in [6.45, 7) is 1.94. The molecule has 0 atom stereocenters. The zero-order valence-corrected chi connectivity index (χ0v) is 12.1. The van der Waals surface area contributed by atoms with Crippen LogP contribution in [0.4, 0.5) is 0 Å². The van der Waals surface area contributed by atoms with Gasteiger partial charge < -0.3 is 9.84 Å². The molecule has 3 rings (SSSR count). The van der Waals surface area contributed by atoms with Crippen LogP contribution in [0.15, 0.2) is 24.3 Å². The van der Waals surface area contributed by atoms with Crippen molar-refractivity contribution in [1.29, 1.82) is 0 Å². The second-order valence-electron chi connectivity index (χ2n) is 4.31. The monoisotopic (exact) mass is 289 g/mol.